The van der Waals surface area contributed by atoms with Crippen molar-refractivity contribution in [2.45, 2.75) is 51.1 Å². The van der Waals surface area contributed by atoms with Crippen molar-refractivity contribution >= 4 is 33.9 Å². The first-order chi connectivity index (χ1) is 15.4. The fourth-order valence-electron chi connectivity index (χ4n) is 5.10. The quantitative estimate of drug-likeness (QED) is 0.438. The van der Waals surface area contributed by atoms with Gasteiger partial charge in [0.05, 0.1) is 11.6 Å². The van der Waals surface area contributed by atoms with E-state index in [4.69, 9.17) is 12.2 Å². The monoisotopic (exact) mass is 444 g/mol. The average Bonchev–Trinajstić information content (AvgIpc) is 3.38. The Morgan fingerprint density at radius 1 is 1.00 bits per heavy atom. The van der Waals surface area contributed by atoms with Crippen LogP contribution in [0.5, 0.6) is 0 Å². The molecule has 1 aliphatic rings. The van der Waals surface area contributed by atoms with Crippen molar-refractivity contribution in [2.24, 2.45) is 5.92 Å². The summed E-state index contributed by atoms with van der Waals surface area (Å²) in [7, 11) is 2.07. The number of hydrogen-bond donors (Lipinski definition) is 1. The zero-order valence-corrected chi connectivity index (χ0v) is 20.0. The van der Waals surface area contributed by atoms with Crippen LogP contribution in [0, 0.1) is 5.92 Å². The minimum absolute atomic E-state index is 0.0615. The molecule has 0 aromatic heterocycles. The predicted octanol–water partition coefficient (Wildman–Crippen LogP) is 6.54. The summed E-state index contributed by atoms with van der Waals surface area (Å²) < 4.78 is 0. The summed E-state index contributed by atoms with van der Waals surface area (Å²) in [6, 6.07) is 24.4. The highest BCUT2D eigenvalue weighted by atomic mass is 32.1. The minimum atomic E-state index is -0.577. The first-order valence-electron chi connectivity index (χ1n) is 11.5. The number of likely N-dealkylation sites (N-methyl/N-ethyl adjacent to an activating group) is 1. The van der Waals surface area contributed by atoms with Gasteiger partial charge in [0.1, 0.15) is 4.99 Å². The molecule has 0 unspecified atom stereocenters. The third-order valence-electron chi connectivity index (χ3n) is 7.20. The maximum Gasteiger partial charge on any atom is 0.252 e. The van der Waals surface area contributed by atoms with Crippen LogP contribution in [0.1, 0.15) is 61.5 Å². The predicted molar refractivity (Wildman–Crippen MR) is 137 cm³/mol. The van der Waals surface area contributed by atoms with Gasteiger partial charge in [-0.15, -0.1) is 0 Å². The molecule has 2 atom stereocenters. The molecule has 1 fully saturated rings. The standard InChI is InChI=1S/C28H32N2OS/c1-20(24-19-11-15-21-12-7-10-18-25(21)24)30(3)27(32)28(2,23-16-8-9-17-23)29-26(31)22-13-5-4-6-14-22/h4-7,10-15,18-20,23H,8-9,16-17H2,1-3H3,(H,29,31)/t20-,28+/m1/s1. The van der Waals surface area contributed by atoms with Crippen molar-refractivity contribution in [2.75, 3.05) is 7.05 Å². The number of benzene rings is 3. The van der Waals surface area contributed by atoms with Gasteiger partial charge in [-0.1, -0.05) is 85.7 Å². The molecule has 1 N–H and O–H groups in total. The fourth-order valence-corrected chi connectivity index (χ4v) is 5.47. The van der Waals surface area contributed by atoms with Crippen molar-refractivity contribution in [3.05, 3.63) is 83.9 Å². The summed E-state index contributed by atoms with van der Waals surface area (Å²) in [4.78, 5) is 16.2. The first-order valence-corrected chi connectivity index (χ1v) is 11.9. The van der Waals surface area contributed by atoms with E-state index in [1.165, 1.54) is 29.2 Å². The van der Waals surface area contributed by atoms with E-state index >= 15 is 0 Å². The van der Waals surface area contributed by atoms with Gasteiger partial charge in [-0.2, -0.15) is 0 Å². The molecule has 4 heteroatoms. The SMILES string of the molecule is C[C@H](c1cccc2ccccc12)N(C)C(=S)[C@@](C)(NC(=O)c1ccccc1)C1CCCC1. The van der Waals surface area contributed by atoms with Gasteiger partial charge in [0.15, 0.2) is 0 Å². The molecule has 3 aromatic rings. The number of carbonyl (C=O) groups is 1. The number of thiocarbonyl (C=S) groups is 1. The molecule has 0 heterocycles. The summed E-state index contributed by atoms with van der Waals surface area (Å²) in [5.74, 6) is 0.276. The normalized spacial score (nSPS) is 17.0. The number of hydrogen-bond acceptors (Lipinski definition) is 2. The lowest BCUT2D eigenvalue weighted by molar-refractivity contribution is 0.0901. The molecule has 32 heavy (non-hydrogen) atoms. The second-order valence-electron chi connectivity index (χ2n) is 9.16. The maximum absolute atomic E-state index is 13.2. The van der Waals surface area contributed by atoms with E-state index < -0.39 is 5.54 Å². The Morgan fingerprint density at radius 2 is 1.62 bits per heavy atom. The molecule has 0 spiro atoms. The van der Waals surface area contributed by atoms with E-state index in [-0.39, 0.29) is 11.9 Å². The lowest BCUT2D eigenvalue weighted by Gasteiger charge is -2.43. The van der Waals surface area contributed by atoms with Crippen LogP contribution in [0.4, 0.5) is 0 Å². The Bertz CT molecular complexity index is 1100. The minimum Gasteiger partial charge on any atom is -0.360 e. The van der Waals surface area contributed by atoms with E-state index in [9.17, 15) is 4.79 Å². The number of carbonyl (C=O) groups excluding carboxylic acids is 1. The highest BCUT2D eigenvalue weighted by molar-refractivity contribution is 7.80. The summed E-state index contributed by atoms with van der Waals surface area (Å²) in [5.41, 5.74) is 1.34. The van der Waals surface area contributed by atoms with Crippen molar-refractivity contribution in [1.29, 1.82) is 0 Å². The van der Waals surface area contributed by atoms with E-state index in [1.54, 1.807) is 0 Å². The van der Waals surface area contributed by atoms with E-state index in [0.29, 0.717) is 11.5 Å². The van der Waals surface area contributed by atoms with Crippen LogP contribution in [-0.2, 0) is 0 Å². The van der Waals surface area contributed by atoms with Crippen LogP contribution in [0.15, 0.2) is 72.8 Å². The van der Waals surface area contributed by atoms with E-state index in [1.807, 2.05) is 30.3 Å². The summed E-state index contributed by atoms with van der Waals surface area (Å²) in [6.45, 7) is 4.32. The summed E-state index contributed by atoms with van der Waals surface area (Å²) in [6.07, 6.45) is 4.55. The molecule has 3 aromatic carbocycles. The van der Waals surface area contributed by atoms with Crippen LogP contribution in [0.25, 0.3) is 10.8 Å². The van der Waals surface area contributed by atoms with Crippen molar-refractivity contribution in [1.82, 2.24) is 10.2 Å². The largest absolute Gasteiger partial charge is 0.360 e. The number of nitrogens with one attached hydrogen (secondary N) is 1. The van der Waals surface area contributed by atoms with Gasteiger partial charge in [-0.05, 0) is 61.1 Å². The molecule has 3 nitrogen and oxygen atoms in total. The molecule has 0 saturated heterocycles. The lowest BCUT2D eigenvalue weighted by atomic mass is 9.82. The Morgan fingerprint density at radius 3 is 2.34 bits per heavy atom. The number of rotatable bonds is 6. The zero-order chi connectivity index (χ0) is 22.7. The molecule has 1 saturated carbocycles. The lowest BCUT2D eigenvalue weighted by Crippen LogP contribution is -2.60. The maximum atomic E-state index is 13.2. The first kappa shape index (κ1) is 22.5. The van der Waals surface area contributed by atoms with Gasteiger partial charge in [-0.25, -0.2) is 0 Å². The molecular formula is C28H32N2OS. The Kier molecular flexibility index (Phi) is 6.61. The summed E-state index contributed by atoms with van der Waals surface area (Å²) >= 11 is 6.13. The molecule has 166 valence electrons. The number of nitrogens with zero attached hydrogens (tertiary/aromatic N) is 1. The van der Waals surface area contributed by atoms with Crippen molar-refractivity contribution in [3.8, 4) is 0 Å². The molecule has 0 radical (unpaired) electrons. The van der Waals surface area contributed by atoms with Gasteiger partial charge in [-0.3, -0.25) is 4.79 Å². The Hall–Kier alpha value is -2.72. The second-order valence-corrected chi connectivity index (χ2v) is 9.55. The summed E-state index contributed by atoms with van der Waals surface area (Å²) in [5, 5.41) is 5.83. The van der Waals surface area contributed by atoms with Gasteiger partial charge in [0.2, 0.25) is 0 Å². The fraction of sp³-hybridized carbons (Fsp3) is 0.357. The van der Waals surface area contributed by atoms with Crippen LogP contribution in [-0.4, -0.2) is 28.4 Å². The van der Waals surface area contributed by atoms with Gasteiger partial charge < -0.3 is 10.2 Å². The highest BCUT2D eigenvalue weighted by Gasteiger charge is 2.43. The topological polar surface area (TPSA) is 32.3 Å². The Labute approximate surface area is 196 Å². The van der Waals surface area contributed by atoms with Gasteiger partial charge >= 0.3 is 0 Å². The average molecular weight is 445 g/mol. The third kappa shape index (κ3) is 4.29. The molecule has 1 amide bonds. The Balaban J connectivity index is 1.64. The number of fused-ring (bicyclic) bond motifs is 1. The molecule has 0 aliphatic heterocycles. The third-order valence-corrected chi connectivity index (χ3v) is 7.91. The van der Waals surface area contributed by atoms with Crippen molar-refractivity contribution < 1.29 is 4.79 Å². The molecule has 0 bridgehead atoms. The highest BCUT2D eigenvalue weighted by Crippen LogP contribution is 2.38. The van der Waals surface area contributed by atoms with Crippen LogP contribution >= 0.6 is 12.2 Å². The van der Waals surface area contributed by atoms with E-state index in [0.717, 1.165) is 17.8 Å². The molecule has 4 rings (SSSR count). The van der Waals surface area contributed by atoms with Crippen LogP contribution in [0.2, 0.25) is 0 Å². The smallest absolute Gasteiger partial charge is 0.252 e. The zero-order valence-electron chi connectivity index (χ0n) is 19.2. The van der Waals surface area contributed by atoms with E-state index in [2.05, 4.69) is 73.6 Å². The van der Waals surface area contributed by atoms with Gasteiger partial charge in [0, 0.05) is 12.6 Å². The van der Waals surface area contributed by atoms with Gasteiger partial charge in [0.25, 0.3) is 5.91 Å². The van der Waals surface area contributed by atoms with Crippen LogP contribution < -0.4 is 5.32 Å². The molecular weight excluding hydrogens is 412 g/mol. The second kappa shape index (κ2) is 9.41. The van der Waals surface area contributed by atoms with Crippen LogP contribution in [0.3, 0.4) is 0 Å². The van der Waals surface area contributed by atoms with Crippen molar-refractivity contribution in [3.63, 3.8) is 0 Å². The molecule has 1 aliphatic carbocycles. The number of amides is 1.